The molecule has 1 aliphatic rings. The second kappa shape index (κ2) is 10.2. The molecule has 2 aromatic rings. The van der Waals surface area contributed by atoms with Crippen molar-refractivity contribution < 1.29 is 22.8 Å². The molecule has 0 fully saturated rings. The lowest BCUT2D eigenvalue weighted by atomic mass is 10.1. The Kier molecular flexibility index (Phi) is 7.53. The summed E-state index contributed by atoms with van der Waals surface area (Å²) in [5.74, 6) is -1.66. The molecule has 2 aromatic carbocycles. The average molecular weight is 472 g/mol. The Morgan fingerprint density at radius 2 is 1.73 bits per heavy atom. The van der Waals surface area contributed by atoms with Gasteiger partial charge in [0.15, 0.2) is 0 Å². The van der Waals surface area contributed by atoms with Crippen molar-refractivity contribution in [2.45, 2.75) is 51.1 Å². The number of amides is 3. The quantitative estimate of drug-likeness (QED) is 0.605. The second-order valence-electron chi connectivity index (χ2n) is 8.04. The van der Waals surface area contributed by atoms with Crippen LogP contribution in [0.3, 0.4) is 0 Å². The number of hydrogen-bond acceptors (Lipinski definition) is 5. The van der Waals surface area contributed by atoms with Crippen LogP contribution < -0.4 is 5.32 Å². The van der Waals surface area contributed by atoms with Crippen molar-refractivity contribution in [3.05, 3.63) is 65.2 Å². The molecule has 1 atom stereocenters. The van der Waals surface area contributed by atoms with Gasteiger partial charge in [0.1, 0.15) is 17.5 Å². The van der Waals surface area contributed by atoms with Crippen molar-refractivity contribution in [3.63, 3.8) is 0 Å². The Morgan fingerprint density at radius 3 is 2.33 bits per heavy atom. The maximum absolute atomic E-state index is 13.4. The molecule has 0 radical (unpaired) electrons. The Balaban J connectivity index is 1.91. The summed E-state index contributed by atoms with van der Waals surface area (Å²) < 4.78 is 26.4. The number of nitrogens with one attached hydrogen (secondary N) is 1. The van der Waals surface area contributed by atoms with Gasteiger partial charge in [-0.15, -0.1) is 0 Å². The van der Waals surface area contributed by atoms with Gasteiger partial charge in [-0.3, -0.25) is 14.4 Å². The van der Waals surface area contributed by atoms with E-state index in [-0.39, 0.29) is 22.9 Å². The fourth-order valence-corrected chi connectivity index (χ4v) is 5.29. The summed E-state index contributed by atoms with van der Waals surface area (Å²) in [5, 5.41) is 2.81. The molecule has 3 amide bonds. The number of hydrogen-bond donors (Lipinski definition) is 1. The van der Waals surface area contributed by atoms with E-state index in [1.807, 2.05) is 38.1 Å². The number of sulfonamides is 1. The first kappa shape index (κ1) is 24.4. The van der Waals surface area contributed by atoms with Crippen LogP contribution in [0.1, 0.15) is 48.2 Å². The van der Waals surface area contributed by atoms with E-state index in [0.29, 0.717) is 17.3 Å². The Labute approximate surface area is 194 Å². The topological polar surface area (TPSA) is 104 Å². The third-order valence-electron chi connectivity index (χ3n) is 5.60. The van der Waals surface area contributed by atoms with Crippen molar-refractivity contribution in [3.8, 4) is 0 Å². The fraction of sp³-hybridized carbons (Fsp3) is 0.375. The molecule has 0 unspecified atom stereocenters. The SMILES string of the molecule is CCCNC(=O)[C@H](CC)N(Cc1ccc(C)cc1)C(=O)CN1C(=O)c2ccccc2S1(=O)=O. The lowest BCUT2D eigenvalue weighted by molar-refractivity contribution is -0.141. The smallest absolute Gasteiger partial charge is 0.269 e. The van der Waals surface area contributed by atoms with Gasteiger partial charge in [0.2, 0.25) is 11.8 Å². The number of aryl methyl sites for hydroxylation is 1. The number of benzene rings is 2. The van der Waals surface area contributed by atoms with Crippen LogP contribution in [0.4, 0.5) is 0 Å². The highest BCUT2D eigenvalue weighted by Crippen LogP contribution is 2.30. The van der Waals surface area contributed by atoms with E-state index in [9.17, 15) is 22.8 Å². The fourth-order valence-electron chi connectivity index (χ4n) is 3.78. The zero-order chi connectivity index (χ0) is 24.2. The molecule has 176 valence electrons. The predicted molar refractivity (Wildman–Crippen MR) is 124 cm³/mol. The molecule has 0 saturated heterocycles. The highest BCUT2D eigenvalue weighted by molar-refractivity contribution is 7.90. The molecule has 8 nitrogen and oxygen atoms in total. The van der Waals surface area contributed by atoms with Crippen LogP contribution in [-0.4, -0.2) is 54.5 Å². The largest absolute Gasteiger partial charge is 0.354 e. The normalized spacial score (nSPS) is 15.1. The molecule has 1 aliphatic heterocycles. The third kappa shape index (κ3) is 5.08. The molecule has 0 spiro atoms. The lowest BCUT2D eigenvalue weighted by Gasteiger charge is -2.31. The molecule has 1 heterocycles. The number of carbonyl (C=O) groups is 3. The molecule has 0 aliphatic carbocycles. The van der Waals surface area contributed by atoms with Gasteiger partial charge < -0.3 is 10.2 Å². The highest BCUT2D eigenvalue weighted by Gasteiger charge is 2.43. The van der Waals surface area contributed by atoms with E-state index in [2.05, 4.69) is 5.32 Å². The maximum Gasteiger partial charge on any atom is 0.269 e. The maximum atomic E-state index is 13.4. The Morgan fingerprint density at radius 1 is 1.06 bits per heavy atom. The number of fused-ring (bicyclic) bond motifs is 1. The van der Waals surface area contributed by atoms with Gasteiger partial charge in [-0.25, -0.2) is 12.7 Å². The second-order valence-corrected chi connectivity index (χ2v) is 9.87. The van der Waals surface area contributed by atoms with Gasteiger partial charge in [0, 0.05) is 13.1 Å². The van der Waals surface area contributed by atoms with Crippen molar-refractivity contribution in [1.29, 1.82) is 0 Å². The van der Waals surface area contributed by atoms with Gasteiger partial charge in [0.25, 0.3) is 15.9 Å². The first-order valence-electron chi connectivity index (χ1n) is 11.0. The summed E-state index contributed by atoms with van der Waals surface area (Å²) in [7, 11) is -4.13. The zero-order valence-corrected chi connectivity index (χ0v) is 19.9. The molecule has 0 saturated carbocycles. The van der Waals surface area contributed by atoms with Gasteiger partial charge in [-0.05, 0) is 37.5 Å². The summed E-state index contributed by atoms with van der Waals surface area (Å²) in [6, 6.07) is 12.6. The molecular weight excluding hydrogens is 442 g/mol. The van der Waals surface area contributed by atoms with Crippen LogP contribution in [0.2, 0.25) is 0 Å². The molecular formula is C24H29N3O5S. The minimum Gasteiger partial charge on any atom is -0.354 e. The predicted octanol–water partition coefficient (Wildman–Crippen LogP) is 2.47. The van der Waals surface area contributed by atoms with Gasteiger partial charge >= 0.3 is 0 Å². The van der Waals surface area contributed by atoms with E-state index in [0.717, 1.165) is 17.5 Å². The number of carbonyl (C=O) groups excluding carboxylic acids is 3. The van der Waals surface area contributed by atoms with Crippen LogP contribution in [0, 0.1) is 6.92 Å². The first-order valence-corrected chi connectivity index (χ1v) is 12.4. The molecule has 0 aromatic heterocycles. The summed E-state index contributed by atoms with van der Waals surface area (Å²) >= 11 is 0. The average Bonchev–Trinajstić information content (AvgIpc) is 2.99. The molecule has 3 rings (SSSR count). The minimum absolute atomic E-state index is 0.0446. The van der Waals surface area contributed by atoms with Gasteiger partial charge in [-0.2, -0.15) is 0 Å². The van der Waals surface area contributed by atoms with Crippen LogP contribution in [0.15, 0.2) is 53.4 Å². The van der Waals surface area contributed by atoms with Gasteiger partial charge in [0.05, 0.1) is 5.56 Å². The van der Waals surface area contributed by atoms with Crippen LogP contribution >= 0.6 is 0 Å². The summed E-state index contributed by atoms with van der Waals surface area (Å²) in [5.41, 5.74) is 1.90. The van der Waals surface area contributed by atoms with E-state index in [1.54, 1.807) is 13.0 Å². The monoisotopic (exact) mass is 471 g/mol. The van der Waals surface area contributed by atoms with Crippen molar-refractivity contribution in [1.82, 2.24) is 14.5 Å². The van der Waals surface area contributed by atoms with E-state index >= 15 is 0 Å². The van der Waals surface area contributed by atoms with Crippen molar-refractivity contribution >= 4 is 27.7 Å². The van der Waals surface area contributed by atoms with Gasteiger partial charge in [-0.1, -0.05) is 55.8 Å². The van der Waals surface area contributed by atoms with Crippen LogP contribution in [0.25, 0.3) is 0 Å². The van der Waals surface area contributed by atoms with Crippen LogP contribution in [-0.2, 0) is 26.2 Å². The van der Waals surface area contributed by atoms with Crippen molar-refractivity contribution in [2.75, 3.05) is 13.1 Å². The summed E-state index contributed by atoms with van der Waals surface area (Å²) in [4.78, 5) is 40.3. The molecule has 9 heteroatoms. The third-order valence-corrected chi connectivity index (χ3v) is 7.39. The summed E-state index contributed by atoms with van der Waals surface area (Å²) in [6.07, 6.45) is 1.08. The Hall–Kier alpha value is -3.20. The number of rotatable bonds is 9. The standard InChI is InChI=1S/C24H29N3O5S/c1-4-14-25-23(29)20(5-2)26(15-18-12-10-17(3)11-13-18)22(28)16-27-24(30)19-8-6-7-9-21(19)33(27,31)32/h6-13,20H,4-5,14-16H2,1-3H3,(H,25,29)/t20-/m0/s1. The highest BCUT2D eigenvalue weighted by atomic mass is 32.2. The Bertz CT molecular complexity index is 1140. The van der Waals surface area contributed by atoms with E-state index in [1.165, 1.54) is 23.1 Å². The minimum atomic E-state index is -4.13. The first-order chi connectivity index (χ1) is 15.7. The van der Waals surface area contributed by atoms with E-state index < -0.39 is 34.4 Å². The zero-order valence-electron chi connectivity index (χ0n) is 19.1. The molecule has 0 bridgehead atoms. The van der Waals surface area contributed by atoms with Crippen molar-refractivity contribution in [2.24, 2.45) is 0 Å². The number of nitrogens with zero attached hydrogens (tertiary/aromatic N) is 2. The lowest BCUT2D eigenvalue weighted by Crippen LogP contribution is -2.52. The van der Waals surface area contributed by atoms with E-state index in [4.69, 9.17) is 0 Å². The van der Waals surface area contributed by atoms with Crippen LogP contribution in [0.5, 0.6) is 0 Å². The summed E-state index contributed by atoms with van der Waals surface area (Å²) in [6.45, 7) is 5.58. The molecule has 1 N–H and O–H groups in total. The molecule has 33 heavy (non-hydrogen) atoms.